The van der Waals surface area contributed by atoms with Gasteiger partial charge in [-0.05, 0) is 12.0 Å². The lowest BCUT2D eigenvalue weighted by Gasteiger charge is -2.09. The van der Waals surface area contributed by atoms with Crippen LogP contribution in [-0.2, 0) is 0 Å². The fourth-order valence-electron chi connectivity index (χ4n) is 0.719. The van der Waals surface area contributed by atoms with Gasteiger partial charge in [0.1, 0.15) is 0 Å². The maximum atomic E-state index is 3.23. The van der Waals surface area contributed by atoms with Crippen molar-refractivity contribution in [3.8, 4) is 0 Å². The number of hydrogen-bond acceptors (Lipinski definition) is 1. The molecule has 0 fully saturated rings. The third-order valence-electron chi connectivity index (χ3n) is 1.36. The molecule has 0 bridgehead atoms. The fourth-order valence-corrected chi connectivity index (χ4v) is 0.719. The molecule has 0 amide bonds. The molecule has 12 heavy (non-hydrogen) atoms. The Morgan fingerprint density at radius 2 is 1.83 bits per heavy atom. The van der Waals surface area contributed by atoms with Gasteiger partial charge < -0.3 is 5.32 Å². The molecule has 0 aliphatic rings. The molecule has 1 N–H and O–H groups in total. The van der Waals surface area contributed by atoms with Crippen molar-refractivity contribution in [2.24, 2.45) is 5.41 Å². The van der Waals surface area contributed by atoms with Crippen molar-refractivity contribution in [1.29, 1.82) is 0 Å². The minimum atomic E-state index is 0.294. The molecule has 0 unspecified atom stereocenters. The van der Waals surface area contributed by atoms with E-state index in [0.29, 0.717) is 5.41 Å². The number of nitrogens with one attached hydrogen (secondary N) is 1. The SMILES string of the molecule is CCNC/C=C/C=C\C(C)(C)C. The summed E-state index contributed by atoms with van der Waals surface area (Å²) in [6, 6.07) is 0. The summed E-state index contributed by atoms with van der Waals surface area (Å²) in [5, 5.41) is 3.23. The van der Waals surface area contributed by atoms with Gasteiger partial charge >= 0.3 is 0 Å². The van der Waals surface area contributed by atoms with E-state index >= 15 is 0 Å². The number of allylic oxidation sites excluding steroid dienone is 3. The Kier molecular flexibility index (Phi) is 5.73. The predicted molar refractivity (Wildman–Crippen MR) is 56.3 cm³/mol. The van der Waals surface area contributed by atoms with Crippen LogP contribution in [0.2, 0.25) is 0 Å². The largest absolute Gasteiger partial charge is 0.314 e. The van der Waals surface area contributed by atoms with Crippen molar-refractivity contribution in [2.45, 2.75) is 27.7 Å². The molecule has 0 heterocycles. The van der Waals surface area contributed by atoms with Crippen molar-refractivity contribution in [3.05, 3.63) is 24.3 Å². The quantitative estimate of drug-likeness (QED) is 0.501. The molecule has 1 nitrogen and oxygen atoms in total. The third kappa shape index (κ3) is 9.44. The van der Waals surface area contributed by atoms with Crippen LogP contribution in [0.15, 0.2) is 24.3 Å². The highest BCUT2D eigenvalue weighted by Gasteiger charge is 2.01. The van der Waals surface area contributed by atoms with E-state index in [9.17, 15) is 0 Å². The molecule has 0 aliphatic heterocycles. The van der Waals surface area contributed by atoms with Gasteiger partial charge in [-0.1, -0.05) is 52.0 Å². The minimum Gasteiger partial charge on any atom is -0.314 e. The molecule has 0 saturated carbocycles. The normalized spacial score (nSPS) is 13.3. The van der Waals surface area contributed by atoms with Crippen molar-refractivity contribution < 1.29 is 0 Å². The molecule has 0 radical (unpaired) electrons. The molecule has 1 heteroatoms. The topological polar surface area (TPSA) is 12.0 Å². The average molecular weight is 167 g/mol. The Bertz CT molecular complexity index is 149. The first-order valence-electron chi connectivity index (χ1n) is 4.61. The van der Waals surface area contributed by atoms with E-state index in [1.165, 1.54) is 0 Å². The summed E-state index contributed by atoms with van der Waals surface area (Å²) < 4.78 is 0. The summed E-state index contributed by atoms with van der Waals surface area (Å²) in [6.07, 6.45) is 8.53. The van der Waals surface area contributed by atoms with Gasteiger partial charge in [-0.3, -0.25) is 0 Å². The van der Waals surface area contributed by atoms with E-state index in [0.717, 1.165) is 13.1 Å². The van der Waals surface area contributed by atoms with E-state index in [4.69, 9.17) is 0 Å². The zero-order valence-corrected chi connectivity index (χ0v) is 8.72. The molecule has 0 aliphatic carbocycles. The molecule has 0 spiro atoms. The molecule has 0 aromatic heterocycles. The highest BCUT2D eigenvalue weighted by molar-refractivity contribution is 5.06. The van der Waals surface area contributed by atoms with Crippen LogP contribution >= 0.6 is 0 Å². The number of hydrogen-bond donors (Lipinski definition) is 1. The van der Waals surface area contributed by atoms with Crippen LogP contribution < -0.4 is 5.32 Å². The van der Waals surface area contributed by atoms with Crippen LogP contribution in [0.25, 0.3) is 0 Å². The Labute approximate surface area is 76.6 Å². The maximum Gasteiger partial charge on any atom is 0.0137 e. The van der Waals surface area contributed by atoms with Gasteiger partial charge in [0.05, 0.1) is 0 Å². The van der Waals surface area contributed by atoms with Crippen LogP contribution in [0.3, 0.4) is 0 Å². The zero-order chi connectivity index (χ0) is 9.45. The van der Waals surface area contributed by atoms with Crippen LogP contribution in [0, 0.1) is 5.41 Å². The van der Waals surface area contributed by atoms with Gasteiger partial charge in [-0.2, -0.15) is 0 Å². The maximum absolute atomic E-state index is 3.23. The number of likely N-dealkylation sites (N-methyl/N-ethyl adjacent to an activating group) is 1. The second kappa shape index (κ2) is 6.01. The summed E-state index contributed by atoms with van der Waals surface area (Å²) in [6.45, 7) is 10.7. The van der Waals surface area contributed by atoms with Crippen LogP contribution in [0.1, 0.15) is 27.7 Å². The summed E-state index contributed by atoms with van der Waals surface area (Å²) in [7, 11) is 0. The Morgan fingerprint density at radius 1 is 1.17 bits per heavy atom. The summed E-state index contributed by atoms with van der Waals surface area (Å²) >= 11 is 0. The second-order valence-corrected chi connectivity index (χ2v) is 3.96. The first kappa shape index (κ1) is 11.4. The predicted octanol–water partition coefficient (Wildman–Crippen LogP) is 2.75. The van der Waals surface area contributed by atoms with E-state index in [2.05, 4.69) is 57.3 Å². The second-order valence-electron chi connectivity index (χ2n) is 3.96. The molecule has 0 aromatic carbocycles. The van der Waals surface area contributed by atoms with Crippen LogP contribution in [0.5, 0.6) is 0 Å². The van der Waals surface area contributed by atoms with Gasteiger partial charge in [-0.15, -0.1) is 0 Å². The molecular weight excluding hydrogens is 146 g/mol. The molecule has 0 aromatic rings. The van der Waals surface area contributed by atoms with Crippen molar-refractivity contribution in [3.63, 3.8) is 0 Å². The van der Waals surface area contributed by atoms with E-state index in [1.807, 2.05) is 0 Å². The van der Waals surface area contributed by atoms with Crippen LogP contribution in [0.4, 0.5) is 0 Å². The van der Waals surface area contributed by atoms with Crippen molar-refractivity contribution >= 4 is 0 Å². The molecule has 0 saturated heterocycles. The zero-order valence-electron chi connectivity index (χ0n) is 8.72. The van der Waals surface area contributed by atoms with E-state index in [-0.39, 0.29) is 0 Å². The summed E-state index contributed by atoms with van der Waals surface area (Å²) in [5.41, 5.74) is 0.294. The number of rotatable bonds is 4. The third-order valence-corrected chi connectivity index (χ3v) is 1.36. The first-order valence-corrected chi connectivity index (χ1v) is 4.61. The summed E-state index contributed by atoms with van der Waals surface area (Å²) in [5.74, 6) is 0. The standard InChI is InChI=1S/C11H21N/c1-5-12-10-8-6-7-9-11(2,3)4/h6-9,12H,5,10H2,1-4H3/b8-6+,9-7-. The van der Waals surface area contributed by atoms with Crippen LogP contribution in [-0.4, -0.2) is 13.1 Å². The van der Waals surface area contributed by atoms with Crippen molar-refractivity contribution in [1.82, 2.24) is 5.32 Å². The smallest absolute Gasteiger partial charge is 0.0137 e. The lowest BCUT2D eigenvalue weighted by molar-refractivity contribution is 0.544. The van der Waals surface area contributed by atoms with Gasteiger partial charge in [0.25, 0.3) is 0 Å². The summed E-state index contributed by atoms with van der Waals surface area (Å²) in [4.78, 5) is 0. The van der Waals surface area contributed by atoms with Gasteiger partial charge in [0, 0.05) is 6.54 Å². The molecule has 0 rings (SSSR count). The molecule has 0 atom stereocenters. The Hall–Kier alpha value is -0.560. The Morgan fingerprint density at radius 3 is 2.33 bits per heavy atom. The molecule has 70 valence electrons. The average Bonchev–Trinajstić information content (AvgIpc) is 1.94. The fraction of sp³-hybridized carbons (Fsp3) is 0.636. The van der Waals surface area contributed by atoms with Gasteiger partial charge in [-0.25, -0.2) is 0 Å². The molecular formula is C11H21N. The first-order chi connectivity index (χ1) is 5.56. The highest BCUT2D eigenvalue weighted by Crippen LogP contribution is 2.13. The monoisotopic (exact) mass is 167 g/mol. The van der Waals surface area contributed by atoms with Crippen molar-refractivity contribution in [2.75, 3.05) is 13.1 Å². The van der Waals surface area contributed by atoms with Gasteiger partial charge in [0.15, 0.2) is 0 Å². The minimum absolute atomic E-state index is 0.294. The van der Waals surface area contributed by atoms with Gasteiger partial charge in [0.2, 0.25) is 0 Å². The van der Waals surface area contributed by atoms with E-state index in [1.54, 1.807) is 0 Å². The lowest BCUT2D eigenvalue weighted by Crippen LogP contribution is -2.11. The lowest BCUT2D eigenvalue weighted by atomic mass is 9.96. The van der Waals surface area contributed by atoms with E-state index < -0.39 is 0 Å². The Balaban J connectivity index is 3.53. The highest BCUT2D eigenvalue weighted by atomic mass is 14.8.